The van der Waals surface area contributed by atoms with Crippen LogP contribution in [0.5, 0.6) is 0 Å². The van der Waals surface area contributed by atoms with Crippen molar-refractivity contribution in [1.82, 2.24) is 5.32 Å². The Labute approximate surface area is 90.3 Å². The van der Waals surface area contributed by atoms with Crippen LogP contribution < -0.4 is 5.32 Å². The summed E-state index contributed by atoms with van der Waals surface area (Å²) in [6.07, 6.45) is 4.83. The first-order valence-electron chi connectivity index (χ1n) is 5.46. The van der Waals surface area contributed by atoms with Gasteiger partial charge in [-0.15, -0.1) is 0 Å². The molecule has 1 aliphatic rings. The second-order valence-corrected chi connectivity index (χ2v) is 3.82. The van der Waals surface area contributed by atoms with E-state index in [0.717, 1.165) is 38.8 Å². The zero-order valence-corrected chi connectivity index (χ0v) is 9.00. The summed E-state index contributed by atoms with van der Waals surface area (Å²) in [6.45, 7) is 5.24. The van der Waals surface area contributed by atoms with Crippen molar-refractivity contribution in [3.63, 3.8) is 0 Å². The molecule has 1 heterocycles. The second-order valence-electron chi connectivity index (χ2n) is 3.82. The smallest absolute Gasteiger partial charge is 0.330 e. The van der Waals surface area contributed by atoms with Crippen LogP contribution in [-0.4, -0.2) is 30.5 Å². The Morgan fingerprint density at radius 1 is 1.47 bits per heavy atom. The van der Waals surface area contributed by atoms with E-state index in [-0.39, 0.29) is 6.23 Å². The van der Waals surface area contributed by atoms with Crippen LogP contribution >= 0.6 is 0 Å². The van der Waals surface area contributed by atoms with E-state index in [1.165, 1.54) is 0 Å². The predicted molar refractivity (Wildman–Crippen MR) is 57.6 cm³/mol. The molecule has 1 atom stereocenters. The van der Waals surface area contributed by atoms with Crippen LogP contribution in [0.4, 0.5) is 0 Å². The Morgan fingerprint density at radius 3 is 2.87 bits per heavy atom. The third-order valence-corrected chi connectivity index (χ3v) is 2.54. The van der Waals surface area contributed by atoms with Crippen LogP contribution in [0, 0.1) is 0 Å². The average molecular weight is 213 g/mol. The number of ether oxygens (including phenoxy) is 1. The quantitative estimate of drug-likeness (QED) is 0.497. The van der Waals surface area contributed by atoms with E-state index < -0.39 is 5.97 Å². The van der Waals surface area contributed by atoms with E-state index >= 15 is 0 Å². The number of hydrogen-bond donors (Lipinski definition) is 2. The third-order valence-electron chi connectivity index (χ3n) is 2.54. The van der Waals surface area contributed by atoms with Crippen molar-refractivity contribution in [1.29, 1.82) is 0 Å². The Kier molecular flexibility index (Phi) is 5.36. The van der Waals surface area contributed by atoms with Crippen molar-refractivity contribution in [3.8, 4) is 0 Å². The molecule has 4 heteroatoms. The maximum atomic E-state index is 10.4. The molecule has 0 aliphatic carbocycles. The number of hydrogen-bond acceptors (Lipinski definition) is 3. The van der Waals surface area contributed by atoms with Crippen molar-refractivity contribution >= 4 is 5.97 Å². The normalized spacial score (nSPS) is 20.4. The van der Waals surface area contributed by atoms with Gasteiger partial charge in [-0.25, -0.2) is 4.79 Å². The molecule has 1 rings (SSSR count). The summed E-state index contributed by atoms with van der Waals surface area (Å²) in [6, 6.07) is 0. The summed E-state index contributed by atoms with van der Waals surface area (Å²) < 4.78 is 5.40. The number of carboxylic acids is 1. The molecule has 0 spiro atoms. The van der Waals surface area contributed by atoms with Gasteiger partial charge in [0.05, 0.1) is 6.61 Å². The number of nitrogens with one attached hydrogen (secondary N) is 1. The second kappa shape index (κ2) is 6.58. The molecule has 1 fully saturated rings. The predicted octanol–water partition coefficient (Wildman–Crippen LogP) is 1.52. The molecule has 0 saturated carbocycles. The largest absolute Gasteiger partial charge is 0.478 e. The topological polar surface area (TPSA) is 58.6 Å². The molecule has 0 aromatic rings. The number of aliphatic carboxylic acids is 1. The molecule has 1 unspecified atom stereocenters. The standard InChI is InChI=1S/C11H19NO3/c1-9(11(13)14)5-3-2-4-6-10-12-7-8-15-10/h10,12H,1-8H2,(H,13,14). The van der Waals surface area contributed by atoms with Gasteiger partial charge in [-0.1, -0.05) is 13.0 Å². The Morgan fingerprint density at radius 2 is 2.27 bits per heavy atom. The van der Waals surface area contributed by atoms with Gasteiger partial charge in [-0.3, -0.25) is 5.32 Å². The van der Waals surface area contributed by atoms with E-state index in [9.17, 15) is 4.79 Å². The third kappa shape index (κ3) is 4.95. The summed E-state index contributed by atoms with van der Waals surface area (Å²) in [5.41, 5.74) is 0.310. The van der Waals surface area contributed by atoms with Crippen molar-refractivity contribution < 1.29 is 14.6 Å². The number of unbranched alkanes of at least 4 members (excludes halogenated alkanes) is 2. The molecule has 0 aromatic heterocycles. The molecule has 1 aliphatic heterocycles. The van der Waals surface area contributed by atoms with E-state index in [1.54, 1.807) is 0 Å². The van der Waals surface area contributed by atoms with E-state index in [2.05, 4.69) is 11.9 Å². The maximum absolute atomic E-state index is 10.4. The monoisotopic (exact) mass is 213 g/mol. The van der Waals surface area contributed by atoms with Crippen LogP contribution in [0.1, 0.15) is 32.1 Å². The van der Waals surface area contributed by atoms with Crippen LogP contribution in [-0.2, 0) is 9.53 Å². The van der Waals surface area contributed by atoms with Crippen molar-refractivity contribution in [2.45, 2.75) is 38.3 Å². The zero-order chi connectivity index (χ0) is 11.1. The summed E-state index contributed by atoms with van der Waals surface area (Å²) in [5.74, 6) is -0.879. The lowest BCUT2D eigenvalue weighted by molar-refractivity contribution is -0.132. The summed E-state index contributed by atoms with van der Waals surface area (Å²) in [7, 11) is 0. The summed E-state index contributed by atoms with van der Waals surface area (Å²) in [4.78, 5) is 10.4. The summed E-state index contributed by atoms with van der Waals surface area (Å²) in [5, 5.41) is 11.8. The van der Waals surface area contributed by atoms with Crippen LogP contribution in [0.3, 0.4) is 0 Å². The summed E-state index contributed by atoms with van der Waals surface area (Å²) >= 11 is 0. The highest BCUT2D eigenvalue weighted by molar-refractivity contribution is 5.85. The minimum absolute atomic E-state index is 0.215. The molecule has 4 nitrogen and oxygen atoms in total. The molecule has 1 saturated heterocycles. The van der Waals surface area contributed by atoms with E-state index in [1.807, 2.05) is 0 Å². The molecule has 0 bridgehead atoms. The minimum Gasteiger partial charge on any atom is -0.478 e. The minimum atomic E-state index is -0.879. The molecule has 0 radical (unpaired) electrons. The number of carbonyl (C=O) groups is 1. The molecule has 15 heavy (non-hydrogen) atoms. The highest BCUT2D eigenvalue weighted by Gasteiger charge is 2.13. The first-order chi connectivity index (χ1) is 7.20. The van der Waals surface area contributed by atoms with Crippen molar-refractivity contribution in [3.05, 3.63) is 12.2 Å². The molecule has 0 amide bonds. The van der Waals surface area contributed by atoms with Crippen LogP contribution in [0.15, 0.2) is 12.2 Å². The maximum Gasteiger partial charge on any atom is 0.330 e. The lowest BCUT2D eigenvalue weighted by Crippen LogP contribution is -2.22. The molecule has 0 aromatic carbocycles. The lowest BCUT2D eigenvalue weighted by Gasteiger charge is -2.08. The van der Waals surface area contributed by atoms with Gasteiger partial charge in [0, 0.05) is 12.1 Å². The number of rotatable bonds is 7. The number of carboxylic acid groups (broad SMARTS) is 1. The first-order valence-corrected chi connectivity index (χ1v) is 5.46. The molecular formula is C11H19NO3. The fraction of sp³-hybridized carbons (Fsp3) is 0.727. The van der Waals surface area contributed by atoms with Gasteiger partial charge in [0.2, 0.25) is 0 Å². The van der Waals surface area contributed by atoms with E-state index in [4.69, 9.17) is 9.84 Å². The SMILES string of the molecule is C=C(CCCCCC1NCCO1)C(=O)O. The highest BCUT2D eigenvalue weighted by atomic mass is 16.5. The Balaban J connectivity index is 1.92. The molecular weight excluding hydrogens is 194 g/mol. The fourth-order valence-corrected chi connectivity index (χ4v) is 1.62. The first kappa shape index (κ1) is 12.2. The van der Waals surface area contributed by atoms with Gasteiger partial charge in [0.1, 0.15) is 6.23 Å². The zero-order valence-electron chi connectivity index (χ0n) is 9.00. The van der Waals surface area contributed by atoms with Crippen LogP contribution in [0.25, 0.3) is 0 Å². The van der Waals surface area contributed by atoms with Gasteiger partial charge in [-0.05, 0) is 25.7 Å². The highest BCUT2D eigenvalue weighted by Crippen LogP contribution is 2.11. The van der Waals surface area contributed by atoms with Crippen molar-refractivity contribution in [2.75, 3.05) is 13.2 Å². The Hall–Kier alpha value is -0.870. The van der Waals surface area contributed by atoms with E-state index in [0.29, 0.717) is 12.0 Å². The molecule has 2 N–H and O–H groups in total. The van der Waals surface area contributed by atoms with Gasteiger partial charge < -0.3 is 9.84 Å². The van der Waals surface area contributed by atoms with Gasteiger partial charge in [-0.2, -0.15) is 0 Å². The van der Waals surface area contributed by atoms with Gasteiger partial charge >= 0.3 is 5.97 Å². The van der Waals surface area contributed by atoms with Crippen molar-refractivity contribution in [2.24, 2.45) is 0 Å². The van der Waals surface area contributed by atoms with Gasteiger partial charge in [0.25, 0.3) is 0 Å². The average Bonchev–Trinajstić information content (AvgIpc) is 2.69. The van der Waals surface area contributed by atoms with Gasteiger partial charge in [0.15, 0.2) is 0 Å². The lowest BCUT2D eigenvalue weighted by atomic mass is 10.1. The van der Waals surface area contributed by atoms with Crippen LogP contribution in [0.2, 0.25) is 0 Å². The fourth-order valence-electron chi connectivity index (χ4n) is 1.62. The molecule has 86 valence electrons. The Bertz CT molecular complexity index is 222.